The van der Waals surface area contributed by atoms with Crippen LogP contribution in [0.15, 0.2) is 91.0 Å². The van der Waals surface area contributed by atoms with Crippen molar-refractivity contribution in [1.82, 2.24) is 4.57 Å². The molecule has 0 spiro atoms. The van der Waals surface area contributed by atoms with Crippen molar-refractivity contribution in [3.63, 3.8) is 0 Å². The molecule has 0 N–H and O–H groups in total. The maximum atomic E-state index is 11.2. The van der Waals surface area contributed by atoms with E-state index in [9.17, 15) is 4.79 Å². The van der Waals surface area contributed by atoms with E-state index in [2.05, 4.69) is 116 Å². The maximum Gasteiger partial charge on any atom is 0.160 e. The Morgan fingerprint density at radius 1 is 0.789 bits per heavy atom. The molecule has 0 saturated carbocycles. The molecule has 3 aromatic carbocycles. The summed E-state index contributed by atoms with van der Waals surface area (Å²) >= 11 is 1.54. The largest absolute Gasteiger partial charge is 0.345 e. The van der Waals surface area contributed by atoms with Crippen LogP contribution in [-0.4, -0.2) is 17.9 Å². The topological polar surface area (TPSA) is 25.2 Å². The molecule has 0 bridgehead atoms. The van der Waals surface area contributed by atoms with Gasteiger partial charge in [0, 0.05) is 36.6 Å². The molecule has 0 fully saturated rings. The zero-order chi connectivity index (χ0) is 26.4. The van der Waals surface area contributed by atoms with Gasteiger partial charge < -0.3 is 9.47 Å². The molecule has 2 heterocycles. The van der Waals surface area contributed by atoms with Gasteiger partial charge in [-0.25, -0.2) is 0 Å². The first-order chi connectivity index (χ1) is 18.5. The molecule has 38 heavy (non-hydrogen) atoms. The molecule has 0 saturated heterocycles. The molecule has 0 atom stereocenters. The van der Waals surface area contributed by atoms with E-state index in [-0.39, 0.29) is 5.41 Å². The third-order valence-corrected chi connectivity index (χ3v) is 9.53. The van der Waals surface area contributed by atoms with Gasteiger partial charge in [-0.1, -0.05) is 50.2 Å². The minimum Gasteiger partial charge on any atom is -0.345 e. The number of rotatable bonds is 7. The standard InChI is InChI=1S/C34H32N2OS/c1-5-34(6-2)29-20-23(31-17-18-32(36(31)4)33-19-14-26(22-37)38-33)12-15-27(29)28-16-13-25(21-30(28)34)35(3)24-10-8-7-9-11-24/h7-22H,5-6H2,1-4H3. The zero-order valence-corrected chi connectivity index (χ0v) is 23.2. The van der Waals surface area contributed by atoms with Crippen molar-refractivity contribution in [1.29, 1.82) is 0 Å². The minimum atomic E-state index is -0.0190. The summed E-state index contributed by atoms with van der Waals surface area (Å²) in [7, 11) is 4.26. The Balaban J connectivity index is 1.43. The molecule has 2 aromatic heterocycles. The Bertz CT molecular complexity index is 1640. The average molecular weight is 517 g/mol. The van der Waals surface area contributed by atoms with Gasteiger partial charge in [-0.3, -0.25) is 4.79 Å². The number of benzene rings is 3. The lowest BCUT2D eigenvalue weighted by atomic mass is 9.73. The summed E-state index contributed by atoms with van der Waals surface area (Å²) in [5.74, 6) is 0. The fourth-order valence-corrected chi connectivity index (χ4v) is 7.15. The van der Waals surface area contributed by atoms with Crippen LogP contribution in [0.25, 0.3) is 33.0 Å². The summed E-state index contributed by atoms with van der Waals surface area (Å²) in [4.78, 5) is 15.4. The van der Waals surface area contributed by atoms with Crippen molar-refractivity contribution < 1.29 is 4.79 Å². The number of hydrogen-bond donors (Lipinski definition) is 0. The average Bonchev–Trinajstić information content (AvgIpc) is 3.66. The van der Waals surface area contributed by atoms with Crippen molar-refractivity contribution in [2.75, 3.05) is 11.9 Å². The second-order valence-electron chi connectivity index (χ2n) is 10.2. The van der Waals surface area contributed by atoms with Crippen LogP contribution in [-0.2, 0) is 12.5 Å². The Morgan fingerprint density at radius 3 is 2.16 bits per heavy atom. The SMILES string of the molecule is CCC1(CC)c2cc(-c3ccc(-c4ccc(C=O)s4)n3C)ccc2-c2ccc(N(C)c3ccccc3)cc21. The van der Waals surface area contributed by atoms with Gasteiger partial charge in [0.25, 0.3) is 0 Å². The van der Waals surface area contributed by atoms with Crippen LogP contribution in [0.5, 0.6) is 0 Å². The third-order valence-electron chi connectivity index (χ3n) is 8.49. The highest BCUT2D eigenvalue weighted by atomic mass is 32.1. The summed E-state index contributed by atoms with van der Waals surface area (Å²) in [6.45, 7) is 4.65. The molecule has 1 aliphatic rings. The van der Waals surface area contributed by atoms with E-state index in [1.165, 1.54) is 56.2 Å². The highest BCUT2D eigenvalue weighted by Crippen LogP contribution is 2.54. The number of anilines is 2. The molecule has 190 valence electrons. The monoisotopic (exact) mass is 516 g/mol. The highest BCUT2D eigenvalue weighted by Gasteiger charge is 2.41. The van der Waals surface area contributed by atoms with Crippen LogP contribution in [0.1, 0.15) is 47.5 Å². The number of aromatic nitrogens is 1. The van der Waals surface area contributed by atoms with Crippen LogP contribution in [0.4, 0.5) is 11.4 Å². The number of thiophene rings is 1. The molecular formula is C34H32N2OS. The number of aldehydes is 1. The molecule has 4 heteroatoms. The zero-order valence-electron chi connectivity index (χ0n) is 22.4. The minimum absolute atomic E-state index is 0.0190. The highest BCUT2D eigenvalue weighted by molar-refractivity contribution is 7.17. The number of carbonyl (C=O) groups is 1. The number of para-hydroxylation sites is 1. The van der Waals surface area contributed by atoms with Crippen LogP contribution in [0, 0.1) is 0 Å². The van der Waals surface area contributed by atoms with Crippen molar-refractivity contribution >= 4 is 29.0 Å². The first kappa shape index (κ1) is 24.4. The van der Waals surface area contributed by atoms with E-state index in [1.54, 1.807) is 0 Å². The Hall–Kier alpha value is -3.89. The molecule has 0 radical (unpaired) electrons. The summed E-state index contributed by atoms with van der Waals surface area (Å²) in [6.07, 6.45) is 3.02. The molecule has 0 aliphatic heterocycles. The lowest BCUT2D eigenvalue weighted by Gasteiger charge is -2.31. The van der Waals surface area contributed by atoms with E-state index < -0.39 is 0 Å². The van der Waals surface area contributed by atoms with Gasteiger partial charge in [-0.15, -0.1) is 11.3 Å². The molecular weight excluding hydrogens is 484 g/mol. The smallest absolute Gasteiger partial charge is 0.160 e. The second kappa shape index (κ2) is 9.45. The van der Waals surface area contributed by atoms with Crippen LogP contribution in [0.2, 0.25) is 0 Å². The third kappa shape index (κ3) is 3.66. The van der Waals surface area contributed by atoms with Gasteiger partial charge in [0.05, 0.1) is 15.4 Å². The number of hydrogen-bond acceptors (Lipinski definition) is 3. The van der Waals surface area contributed by atoms with E-state index in [0.29, 0.717) is 0 Å². The fraction of sp³-hybridized carbons (Fsp3) is 0.206. The maximum absolute atomic E-state index is 11.2. The van der Waals surface area contributed by atoms with Crippen LogP contribution in [0.3, 0.4) is 0 Å². The predicted molar refractivity (Wildman–Crippen MR) is 161 cm³/mol. The summed E-state index contributed by atoms with van der Waals surface area (Å²) < 4.78 is 2.25. The van der Waals surface area contributed by atoms with Gasteiger partial charge in [0.15, 0.2) is 6.29 Å². The second-order valence-corrected chi connectivity index (χ2v) is 11.3. The summed E-state index contributed by atoms with van der Waals surface area (Å²) in [5.41, 5.74) is 11.5. The molecule has 6 rings (SSSR count). The number of carbonyl (C=O) groups excluding carboxylic acids is 1. The van der Waals surface area contributed by atoms with Crippen molar-refractivity contribution in [3.05, 3.63) is 107 Å². The van der Waals surface area contributed by atoms with Crippen molar-refractivity contribution in [3.8, 4) is 33.0 Å². The molecule has 1 aliphatic carbocycles. The number of nitrogens with zero attached hydrogens (tertiary/aromatic N) is 2. The Morgan fingerprint density at radius 2 is 1.47 bits per heavy atom. The molecule has 0 amide bonds. The Labute approximate surface area is 229 Å². The van der Waals surface area contributed by atoms with Gasteiger partial charge in [-0.2, -0.15) is 0 Å². The van der Waals surface area contributed by atoms with Gasteiger partial charge in [-0.05, 0) is 95.3 Å². The lowest BCUT2D eigenvalue weighted by molar-refractivity contribution is 0.112. The quantitative estimate of drug-likeness (QED) is 0.202. The van der Waals surface area contributed by atoms with Crippen LogP contribution >= 0.6 is 11.3 Å². The van der Waals surface area contributed by atoms with E-state index in [1.807, 2.05) is 12.1 Å². The number of fused-ring (bicyclic) bond motifs is 3. The van der Waals surface area contributed by atoms with Gasteiger partial charge in [0.1, 0.15) is 0 Å². The Kier molecular flexibility index (Phi) is 6.08. The molecule has 5 aromatic rings. The molecule has 3 nitrogen and oxygen atoms in total. The lowest BCUT2D eigenvalue weighted by Crippen LogP contribution is -2.23. The summed E-state index contributed by atoms with van der Waals surface area (Å²) in [5, 5.41) is 0. The van der Waals surface area contributed by atoms with Gasteiger partial charge >= 0.3 is 0 Å². The predicted octanol–water partition coefficient (Wildman–Crippen LogP) is 9.09. The fourth-order valence-electron chi connectivity index (χ4n) is 6.27. The van der Waals surface area contributed by atoms with Gasteiger partial charge in [0.2, 0.25) is 0 Å². The first-order valence-electron chi connectivity index (χ1n) is 13.3. The van der Waals surface area contributed by atoms with Crippen molar-refractivity contribution in [2.24, 2.45) is 7.05 Å². The summed E-state index contributed by atoms with van der Waals surface area (Å²) in [6, 6.07) is 32.8. The van der Waals surface area contributed by atoms with E-state index in [4.69, 9.17) is 0 Å². The normalized spacial score (nSPS) is 13.3. The van der Waals surface area contributed by atoms with Crippen molar-refractivity contribution in [2.45, 2.75) is 32.1 Å². The van der Waals surface area contributed by atoms with E-state index in [0.717, 1.165) is 34.6 Å². The molecule has 0 unspecified atom stereocenters. The first-order valence-corrected chi connectivity index (χ1v) is 14.1. The van der Waals surface area contributed by atoms with Crippen LogP contribution < -0.4 is 4.90 Å². The van der Waals surface area contributed by atoms with E-state index >= 15 is 0 Å².